The maximum Gasteiger partial charge on any atom is 0.338 e. The summed E-state index contributed by atoms with van der Waals surface area (Å²) in [4.78, 5) is 25.5. The van der Waals surface area contributed by atoms with E-state index in [4.69, 9.17) is 4.74 Å². The Hall–Kier alpha value is -1.90. The van der Waals surface area contributed by atoms with Crippen molar-refractivity contribution in [1.29, 1.82) is 0 Å². The predicted molar refractivity (Wildman–Crippen MR) is 140 cm³/mol. The van der Waals surface area contributed by atoms with Crippen LogP contribution in [0.15, 0.2) is 29.8 Å². The lowest BCUT2D eigenvalue weighted by molar-refractivity contribution is -0.118. The number of rotatable bonds is 6. The van der Waals surface area contributed by atoms with Crippen molar-refractivity contribution in [3.8, 4) is 0 Å². The van der Waals surface area contributed by atoms with Crippen LogP contribution in [0, 0.1) is 23.2 Å². The number of carbonyl (C=O) groups excluding carboxylic acids is 2. The second-order valence-electron chi connectivity index (χ2n) is 11.8. The molecular formula is C31H46O3. The van der Waals surface area contributed by atoms with Gasteiger partial charge in [-0.05, 0) is 85.3 Å². The van der Waals surface area contributed by atoms with Crippen molar-refractivity contribution in [3.05, 3.63) is 46.5 Å². The number of Topliss-reactive ketones (excluding diaryl/α,β-unsaturated/α-hetero) is 1. The van der Waals surface area contributed by atoms with Crippen LogP contribution in [0.5, 0.6) is 0 Å². The average Bonchev–Trinajstić information content (AvgIpc) is 3.13. The normalized spacial score (nSPS) is 28.2. The fourth-order valence-electron chi connectivity index (χ4n) is 6.81. The molecule has 188 valence electrons. The minimum absolute atomic E-state index is 0.137. The molecule has 34 heavy (non-hydrogen) atoms. The SMILES string of the molecule is COC(=O)c1cc2ccc1[C@@H]1CC[C@H]([C@H](C)CCCC(C)C)[C@@]1(C)CC/C=C(/C)CCC(=O)C2. The maximum atomic E-state index is 12.9. The Labute approximate surface area is 207 Å². The van der Waals surface area contributed by atoms with Gasteiger partial charge in [0.25, 0.3) is 0 Å². The van der Waals surface area contributed by atoms with Crippen LogP contribution in [0.3, 0.4) is 0 Å². The number of ether oxygens (including phenoxy) is 1. The molecule has 1 fully saturated rings. The molecular weight excluding hydrogens is 420 g/mol. The molecule has 1 saturated carbocycles. The first kappa shape index (κ1) is 26.7. The molecule has 0 aliphatic heterocycles. The zero-order chi connectivity index (χ0) is 24.9. The summed E-state index contributed by atoms with van der Waals surface area (Å²) in [7, 11) is 1.46. The summed E-state index contributed by atoms with van der Waals surface area (Å²) in [5, 5.41) is 0. The van der Waals surface area contributed by atoms with E-state index < -0.39 is 0 Å². The van der Waals surface area contributed by atoms with E-state index in [-0.39, 0.29) is 17.2 Å². The monoisotopic (exact) mass is 466 g/mol. The number of benzene rings is 1. The Morgan fingerprint density at radius 3 is 2.62 bits per heavy atom. The molecule has 0 radical (unpaired) electrons. The molecule has 3 aliphatic carbocycles. The number of fused-ring (bicyclic) bond motifs is 8. The molecule has 4 atom stereocenters. The van der Waals surface area contributed by atoms with Crippen LogP contribution >= 0.6 is 0 Å². The Morgan fingerprint density at radius 1 is 1.15 bits per heavy atom. The van der Waals surface area contributed by atoms with Gasteiger partial charge in [0.05, 0.1) is 12.7 Å². The molecule has 2 bridgehead atoms. The van der Waals surface area contributed by atoms with Crippen molar-refractivity contribution < 1.29 is 14.3 Å². The summed E-state index contributed by atoms with van der Waals surface area (Å²) in [5.74, 6) is 2.38. The molecule has 0 N–H and O–H groups in total. The summed E-state index contributed by atoms with van der Waals surface area (Å²) in [6.45, 7) is 11.7. The standard InChI is InChI=1S/C31H46O3/c1-21(2)9-7-11-23(4)28-16-17-29-26-15-13-24(20-27(26)30(33)34-6)19-25(32)14-12-22(3)10-8-18-31(28,29)5/h10,13,15,20-21,23,28-29H,7-9,11-12,14,16-19H2,1-6H3/b22-10-/t23-,28-,29+,31-/m1/s1. The van der Waals surface area contributed by atoms with Crippen LogP contribution in [0.4, 0.5) is 0 Å². The van der Waals surface area contributed by atoms with E-state index in [1.54, 1.807) is 0 Å². The second-order valence-corrected chi connectivity index (χ2v) is 11.8. The van der Waals surface area contributed by atoms with E-state index >= 15 is 0 Å². The molecule has 3 aliphatic rings. The van der Waals surface area contributed by atoms with Crippen molar-refractivity contribution in [2.75, 3.05) is 7.11 Å². The molecule has 0 heterocycles. The van der Waals surface area contributed by atoms with Gasteiger partial charge in [-0.15, -0.1) is 0 Å². The van der Waals surface area contributed by atoms with E-state index in [0.29, 0.717) is 36.2 Å². The molecule has 0 unspecified atom stereocenters. The second kappa shape index (κ2) is 11.7. The number of hydrogen-bond donors (Lipinski definition) is 0. The van der Waals surface area contributed by atoms with Crippen LogP contribution in [0.25, 0.3) is 0 Å². The first-order valence-corrected chi connectivity index (χ1v) is 13.5. The number of methoxy groups -OCH3 is 1. The number of hydrogen-bond acceptors (Lipinski definition) is 3. The topological polar surface area (TPSA) is 43.4 Å². The summed E-state index contributed by atoms with van der Waals surface area (Å²) < 4.78 is 5.21. The third-order valence-corrected chi connectivity index (χ3v) is 8.81. The van der Waals surface area contributed by atoms with Crippen LogP contribution in [-0.4, -0.2) is 18.9 Å². The van der Waals surface area contributed by atoms with Gasteiger partial charge in [0, 0.05) is 12.8 Å². The lowest BCUT2D eigenvalue weighted by atomic mass is 9.63. The van der Waals surface area contributed by atoms with Gasteiger partial charge in [-0.1, -0.05) is 70.7 Å². The zero-order valence-corrected chi connectivity index (χ0v) is 22.4. The zero-order valence-electron chi connectivity index (χ0n) is 22.4. The smallest absolute Gasteiger partial charge is 0.338 e. The molecule has 0 saturated heterocycles. The minimum Gasteiger partial charge on any atom is -0.465 e. The molecule has 3 nitrogen and oxygen atoms in total. The Bertz CT molecular complexity index is 896. The summed E-state index contributed by atoms with van der Waals surface area (Å²) in [5.41, 5.74) is 4.18. The fourth-order valence-corrected chi connectivity index (χ4v) is 6.81. The first-order chi connectivity index (χ1) is 16.2. The van der Waals surface area contributed by atoms with E-state index in [9.17, 15) is 9.59 Å². The van der Waals surface area contributed by atoms with Gasteiger partial charge >= 0.3 is 5.97 Å². The average molecular weight is 467 g/mol. The lowest BCUT2D eigenvalue weighted by Crippen LogP contribution is -2.32. The van der Waals surface area contributed by atoms with Gasteiger partial charge in [-0.3, -0.25) is 4.79 Å². The van der Waals surface area contributed by atoms with Gasteiger partial charge in [-0.25, -0.2) is 4.79 Å². The summed E-state index contributed by atoms with van der Waals surface area (Å²) >= 11 is 0. The Morgan fingerprint density at radius 2 is 1.91 bits per heavy atom. The summed E-state index contributed by atoms with van der Waals surface area (Å²) in [6, 6.07) is 6.15. The van der Waals surface area contributed by atoms with Crippen molar-refractivity contribution >= 4 is 11.8 Å². The molecule has 1 aromatic carbocycles. The predicted octanol–water partition coefficient (Wildman–Crippen LogP) is 8.07. The minimum atomic E-state index is -0.275. The first-order valence-electron chi connectivity index (χ1n) is 13.5. The van der Waals surface area contributed by atoms with Crippen molar-refractivity contribution in [1.82, 2.24) is 0 Å². The highest BCUT2D eigenvalue weighted by Crippen LogP contribution is 2.59. The van der Waals surface area contributed by atoms with Gasteiger partial charge in [0.15, 0.2) is 0 Å². The lowest BCUT2D eigenvalue weighted by Gasteiger charge is -2.41. The van der Waals surface area contributed by atoms with E-state index in [1.807, 2.05) is 6.07 Å². The van der Waals surface area contributed by atoms with Crippen molar-refractivity contribution in [2.24, 2.45) is 23.2 Å². The van der Waals surface area contributed by atoms with Crippen molar-refractivity contribution in [3.63, 3.8) is 0 Å². The highest BCUT2D eigenvalue weighted by Gasteiger charge is 2.49. The fraction of sp³-hybridized carbons (Fsp3) is 0.677. The largest absolute Gasteiger partial charge is 0.465 e. The van der Waals surface area contributed by atoms with Crippen LogP contribution in [0.1, 0.15) is 120 Å². The highest BCUT2D eigenvalue weighted by atomic mass is 16.5. The quantitative estimate of drug-likeness (QED) is 0.314. The van der Waals surface area contributed by atoms with Gasteiger partial charge in [0.2, 0.25) is 0 Å². The molecule has 0 amide bonds. The van der Waals surface area contributed by atoms with E-state index in [2.05, 4.69) is 52.8 Å². The Balaban J connectivity index is 2.01. The number of carbonyl (C=O) groups is 2. The third-order valence-electron chi connectivity index (χ3n) is 8.81. The summed E-state index contributed by atoms with van der Waals surface area (Å²) in [6.07, 6.45) is 12.5. The highest BCUT2D eigenvalue weighted by molar-refractivity contribution is 5.92. The van der Waals surface area contributed by atoms with Crippen LogP contribution < -0.4 is 0 Å². The molecule has 3 heteroatoms. The van der Waals surface area contributed by atoms with Gasteiger partial charge in [0.1, 0.15) is 5.78 Å². The van der Waals surface area contributed by atoms with Crippen LogP contribution in [0.2, 0.25) is 0 Å². The van der Waals surface area contributed by atoms with Gasteiger partial charge in [-0.2, -0.15) is 0 Å². The van der Waals surface area contributed by atoms with E-state index in [1.165, 1.54) is 38.4 Å². The van der Waals surface area contributed by atoms with Crippen LogP contribution in [-0.2, 0) is 16.0 Å². The molecule has 0 aromatic heterocycles. The van der Waals surface area contributed by atoms with Crippen molar-refractivity contribution in [2.45, 2.75) is 105 Å². The Kier molecular flexibility index (Phi) is 9.18. The number of esters is 1. The number of ketones is 1. The number of allylic oxidation sites excluding steroid dienone is 2. The molecule has 1 aromatic rings. The maximum absolute atomic E-state index is 12.9. The molecule has 4 rings (SSSR count). The molecule has 0 spiro atoms. The van der Waals surface area contributed by atoms with Gasteiger partial charge < -0.3 is 4.74 Å². The van der Waals surface area contributed by atoms with E-state index in [0.717, 1.165) is 42.7 Å². The third kappa shape index (κ3) is 6.20.